The molecule has 0 heterocycles. The van der Waals surface area contributed by atoms with Crippen LogP contribution in [-0.4, -0.2) is 40.6 Å². The van der Waals surface area contributed by atoms with Crippen LogP contribution in [0.2, 0.25) is 0 Å². The first-order valence-electron chi connectivity index (χ1n) is 7.68. The average molecular weight is 314 g/mol. The van der Waals surface area contributed by atoms with Crippen molar-refractivity contribution in [3.8, 4) is 0 Å². The summed E-state index contributed by atoms with van der Waals surface area (Å²) in [5.41, 5.74) is 0. The molecule has 0 bridgehead atoms. The van der Waals surface area contributed by atoms with E-state index in [0.29, 0.717) is 0 Å². The van der Waals surface area contributed by atoms with Crippen molar-refractivity contribution in [1.29, 1.82) is 0 Å². The first-order valence-corrected chi connectivity index (χ1v) is 7.68. The molecular weight excluding hydrogens is 283 g/mol. The zero-order valence-corrected chi connectivity index (χ0v) is 15.7. The van der Waals surface area contributed by atoms with Gasteiger partial charge in [-0.05, 0) is 12.8 Å². The Morgan fingerprint density at radius 2 is 1.29 bits per heavy atom. The summed E-state index contributed by atoms with van der Waals surface area (Å²) < 4.78 is 0. The van der Waals surface area contributed by atoms with Gasteiger partial charge < -0.3 is 25.2 Å². The Kier molecular flexibility index (Phi) is 28.3. The molecule has 0 aliphatic rings. The van der Waals surface area contributed by atoms with Crippen LogP contribution in [0.3, 0.4) is 0 Å². The quantitative estimate of drug-likeness (QED) is 0.285. The molecule has 0 unspecified atom stereocenters. The van der Waals surface area contributed by atoms with Gasteiger partial charge in [0.2, 0.25) is 0 Å². The molecule has 0 radical (unpaired) electrons. The Bertz CT molecular complexity index is 199. The van der Waals surface area contributed by atoms with Crippen LogP contribution in [-0.2, 0) is 4.79 Å². The second-order valence-corrected chi connectivity index (χ2v) is 4.97. The normalized spacial score (nSPS) is 9.76. The molecule has 0 aliphatic carbocycles. The molecule has 21 heavy (non-hydrogen) atoms. The topological polar surface area (TPSA) is 101 Å². The molecule has 0 rings (SSSR count). The maximum Gasteiger partial charge on any atom is 1.00 e. The summed E-state index contributed by atoms with van der Waals surface area (Å²) in [7, 11) is 0. The largest absolute Gasteiger partial charge is 1.00 e. The zero-order chi connectivity index (χ0) is 15.6. The van der Waals surface area contributed by atoms with Crippen LogP contribution in [0.1, 0.15) is 71.1 Å². The van der Waals surface area contributed by atoms with Crippen molar-refractivity contribution in [2.75, 3.05) is 13.2 Å². The van der Waals surface area contributed by atoms with Crippen LogP contribution in [0.5, 0.6) is 0 Å². The Morgan fingerprint density at radius 1 is 0.905 bits per heavy atom. The molecule has 0 aromatic rings. The number of aliphatic hydroxyl groups excluding tert-OH is 3. The monoisotopic (exact) mass is 314 g/mol. The van der Waals surface area contributed by atoms with Crippen molar-refractivity contribution in [2.45, 2.75) is 77.2 Å². The molecule has 0 fully saturated rings. The number of aliphatic hydroxyl groups is 3. The second-order valence-electron chi connectivity index (χ2n) is 4.97. The molecule has 5 nitrogen and oxygen atoms in total. The first kappa shape index (κ1) is 26.3. The summed E-state index contributed by atoms with van der Waals surface area (Å²) in [5.74, 6) is -0.909. The summed E-state index contributed by atoms with van der Waals surface area (Å²) >= 11 is 0. The van der Waals surface area contributed by atoms with Gasteiger partial charge in [-0.1, -0.05) is 58.3 Å². The van der Waals surface area contributed by atoms with E-state index in [1.807, 2.05) is 0 Å². The van der Waals surface area contributed by atoms with E-state index in [1.54, 1.807) is 0 Å². The van der Waals surface area contributed by atoms with Crippen molar-refractivity contribution in [2.24, 2.45) is 0 Å². The zero-order valence-electron chi connectivity index (χ0n) is 13.7. The van der Waals surface area contributed by atoms with Crippen LogP contribution >= 0.6 is 0 Å². The van der Waals surface area contributed by atoms with Crippen molar-refractivity contribution in [3.05, 3.63) is 0 Å². The number of carbonyl (C=O) groups excluding carboxylic acids is 1. The van der Waals surface area contributed by atoms with E-state index in [-0.39, 0.29) is 49.2 Å². The average Bonchev–Trinajstić information content (AvgIpc) is 2.45. The number of hydrogen-bond acceptors (Lipinski definition) is 5. The fraction of sp³-hybridized carbons (Fsp3) is 0.933. The summed E-state index contributed by atoms with van der Waals surface area (Å²) in [4.78, 5) is 10.1. The number of unbranched alkanes of at least 4 members (excludes halogenated alkanes) is 8. The molecule has 0 amide bonds. The first-order chi connectivity index (χ1) is 9.58. The number of carboxylic acids is 1. The Labute approximate surface area is 151 Å². The molecule has 122 valence electrons. The summed E-state index contributed by atoms with van der Waals surface area (Å²) in [6.07, 6.45) is 10.2. The van der Waals surface area contributed by atoms with Gasteiger partial charge in [-0.25, -0.2) is 0 Å². The molecule has 0 atom stereocenters. The summed E-state index contributed by atoms with van der Waals surface area (Å²) in [5, 5.41) is 34.1. The second kappa shape index (κ2) is 22.6. The maximum absolute atomic E-state index is 10.1. The van der Waals surface area contributed by atoms with E-state index < -0.39 is 12.1 Å². The van der Waals surface area contributed by atoms with E-state index in [1.165, 1.54) is 44.9 Å². The van der Waals surface area contributed by atoms with Crippen molar-refractivity contribution in [3.63, 3.8) is 0 Å². The third-order valence-corrected chi connectivity index (χ3v) is 2.91. The van der Waals surface area contributed by atoms with Crippen molar-refractivity contribution >= 4 is 5.97 Å². The molecule has 0 saturated carbocycles. The minimum atomic E-state index is -0.954. The number of rotatable bonds is 12. The molecule has 0 aromatic carbocycles. The van der Waals surface area contributed by atoms with Crippen LogP contribution in [0.4, 0.5) is 0 Å². The van der Waals surface area contributed by atoms with Gasteiger partial charge in [-0.15, -0.1) is 0 Å². The van der Waals surface area contributed by atoms with Gasteiger partial charge in [-0.2, -0.15) is 0 Å². The molecule has 0 saturated heterocycles. The maximum atomic E-state index is 10.1. The fourth-order valence-corrected chi connectivity index (χ4v) is 1.64. The Hall–Kier alpha value is 0.350. The molecular formula is C15H31NaO5. The molecule has 3 N–H and O–H groups in total. The standard InChI is InChI=1S/C12H24O2.C3H8O3.Na/c1-2-3-4-5-6-7-8-9-10-11-12(13)14;4-1-3(6)2-5;/h2-11H2,1H3,(H,13,14);3-6H,1-2H2;/q;;+1/p-1. The van der Waals surface area contributed by atoms with Gasteiger partial charge in [-0.3, -0.25) is 0 Å². The van der Waals surface area contributed by atoms with Gasteiger partial charge in [0.05, 0.1) is 13.2 Å². The third kappa shape index (κ3) is 29.1. The summed E-state index contributed by atoms with van der Waals surface area (Å²) in [6.45, 7) is 1.49. The van der Waals surface area contributed by atoms with Crippen molar-refractivity contribution in [1.82, 2.24) is 0 Å². The van der Waals surface area contributed by atoms with E-state index in [0.717, 1.165) is 12.8 Å². The molecule has 0 aliphatic heterocycles. The smallest absolute Gasteiger partial charge is 0.550 e. The van der Waals surface area contributed by atoms with E-state index in [2.05, 4.69) is 6.92 Å². The van der Waals surface area contributed by atoms with E-state index >= 15 is 0 Å². The van der Waals surface area contributed by atoms with Gasteiger partial charge >= 0.3 is 29.6 Å². The number of carboxylic acid groups (broad SMARTS) is 1. The molecule has 0 aromatic heterocycles. The summed E-state index contributed by atoms with van der Waals surface area (Å²) in [6, 6.07) is 0. The number of aliphatic carboxylic acids is 1. The van der Waals surface area contributed by atoms with E-state index in [9.17, 15) is 9.90 Å². The van der Waals surface area contributed by atoms with Crippen LogP contribution in [0.25, 0.3) is 0 Å². The minimum Gasteiger partial charge on any atom is -0.550 e. The fourth-order valence-electron chi connectivity index (χ4n) is 1.64. The third-order valence-electron chi connectivity index (χ3n) is 2.91. The van der Waals surface area contributed by atoms with Gasteiger partial charge in [0.15, 0.2) is 0 Å². The molecule has 0 spiro atoms. The predicted octanol–water partition coefficient (Wildman–Crippen LogP) is -2.01. The number of carbonyl (C=O) groups is 1. The van der Waals surface area contributed by atoms with Crippen LogP contribution in [0.15, 0.2) is 0 Å². The van der Waals surface area contributed by atoms with Gasteiger partial charge in [0.1, 0.15) is 6.10 Å². The van der Waals surface area contributed by atoms with Crippen molar-refractivity contribution < 1.29 is 54.8 Å². The predicted molar refractivity (Wildman–Crippen MR) is 77.0 cm³/mol. The van der Waals surface area contributed by atoms with Gasteiger partial charge in [0, 0.05) is 5.97 Å². The Morgan fingerprint density at radius 3 is 1.57 bits per heavy atom. The van der Waals surface area contributed by atoms with E-state index in [4.69, 9.17) is 15.3 Å². The van der Waals surface area contributed by atoms with Crippen LogP contribution < -0.4 is 34.7 Å². The van der Waals surface area contributed by atoms with Crippen LogP contribution in [0, 0.1) is 0 Å². The van der Waals surface area contributed by atoms with Gasteiger partial charge in [0.25, 0.3) is 0 Å². The SMILES string of the molecule is CCCCCCCCCCCC(=O)[O-].OCC(O)CO.[Na+]. The minimum absolute atomic E-state index is 0. The number of hydrogen-bond donors (Lipinski definition) is 3. The molecule has 6 heteroatoms. The Balaban J connectivity index is -0.000000394.